The summed E-state index contributed by atoms with van der Waals surface area (Å²) in [4.78, 5) is 0. The first-order valence-electron chi connectivity index (χ1n) is 7.69. The third-order valence-electron chi connectivity index (χ3n) is 4.28. The van der Waals surface area contributed by atoms with Crippen LogP contribution in [0.3, 0.4) is 0 Å². The Hall–Kier alpha value is -0.540. The molecule has 3 heteroatoms. The zero-order valence-corrected chi connectivity index (χ0v) is 13.9. The molecule has 1 fully saturated rings. The molecule has 112 valence electrons. The minimum atomic E-state index is -0.263. The molecular formula is C17H25BrO2. The monoisotopic (exact) mass is 340 g/mol. The van der Waals surface area contributed by atoms with Crippen LogP contribution in [0.2, 0.25) is 0 Å². The lowest BCUT2D eigenvalue weighted by Gasteiger charge is -2.19. The highest BCUT2D eigenvalue weighted by Gasteiger charge is 2.18. The van der Waals surface area contributed by atoms with Crippen molar-refractivity contribution in [2.75, 3.05) is 7.11 Å². The highest BCUT2D eigenvalue weighted by atomic mass is 79.9. The number of rotatable bonds is 5. The first-order chi connectivity index (χ1) is 9.69. The Labute approximate surface area is 130 Å². The third-order valence-corrected chi connectivity index (χ3v) is 4.77. The van der Waals surface area contributed by atoms with Crippen LogP contribution < -0.4 is 4.74 Å². The second kappa shape index (κ2) is 8.04. The van der Waals surface area contributed by atoms with Crippen LogP contribution in [0.5, 0.6) is 5.75 Å². The predicted molar refractivity (Wildman–Crippen MR) is 86.2 cm³/mol. The molecule has 1 atom stereocenters. The van der Waals surface area contributed by atoms with Gasteiger partial charge in [0, 0.05) is 10.9 Å². The van der Waals surface area contributed by atoms with Gasteiger partial charge in [-0.15, -0.1) is 0 Å². The molecule has 20 heavy (non-hydrogen) atoms. The summed E-state index contributed by atoms with van der Waals surface area (Å²) in [6, 6.07) is 5.98. The topological polar surface area (TPSA) is 29.5 Å². The van der Waals surface area contributed by atoms with E-state index >= 15 is 0 Å². The van der Waals surface area contributed by atoms with E-state index in [4.69, 9.17) is 4.74 Å². The van der Waals surface area contributed by atoms with Crippen LogP contribution in [0.25, 0.3) is 0 Å². The number of aliphatic hydroxyl groups is 1. The molecule has 2 rings (SSSR count). The van der Waals surface area contributed by atoms with Crippen LogP contribution in [0.15, 0.2) is 22.7 Å². The van der Waals surface area contributed by atoms with Crippen molar-refractivity contribution >= 4 is 15.9 Å². The molecule has 1 aromatic carbocycles. The average Bonchev–Trinajstić information content (AvgIpc) is 2.67. The van der Waals surface area contributed by atoms with E-state index in [0.717, 1.165) is 22.2 Å². The van der Waals surface area contributed by atoms with Gasteiger partial charge in [0.15, 0.2) is 0 Å². The molecule has 1 aliphatic carbocycles. The summed E-state index contributed by atoms with van der Waals surface area (Å²) in [7, 11) is 1.68. The van der Waals surface area contributed by atoms with Gasteiger partial charge in [-0.2, -0.15) is 0 Å². The number of hydrogen-bond donors (Lipinski definition) is 1. The van der Waals surface area contributed by atoms with Gasteiger partial charge in [0.05, 0.1) is 13.2 Å². The van der Waals surface area contributed by atoms with E-state index in [0.29, 0.717) is 12.3 Å². The standard InChI is InChI=1S/C17H25BrO2/c1-20-17-9-8-15(18)11-14(17)12-16(19)10-13-6-4-2-3-5-7-13/h8-9,11,13,16,19H,2-7,10,12H2,1H3. The van der Waals surface area contributed by atoms with Gasteiger partial charge in [-0.05, 0) is 36.1 Å². The largest absolute Gasteiger partial charge is 0.496 e. The summed E-state index contributed by atoms with van der Waals surface area (Å²) in [5.74, 6) is 1.57. The molecule has 2 nitrogen and oxygen atoms in total. The van der Waals surface area contributed by atoms with Crippen LogP contribution in [0.1, 0.15) is 50.5 Å². The Balaban J connectivity index is 1.93. The Morgan fingerprint density at radius 1 is 1.25 bits per heavy atom. The van der Waals surface area contributed by atoms with Gasteiger partial charge in [0.25, 0.3) is 0 Å². The first kappa shape index (κ1) is 15.8. The number of aliphatic hydroxyl groups excluding tert-OH is 1. The minimum absolute atomic E-state index is 0.263. The third kappa shape index (κ3) is 4.78. The van der Waals surface area contributed by atoms with E-state index in [9.17, 15) is 5.11 Å². The summed E-state index contributed by atoms with van der Waals surface area (Å²) in [6.07, 6.45) is 9.31. The van der Waals surface area contributed by atoms with E-state index in [-0.39, 0.29) is 6.10 Å². The fourth-order valence-corrected chi connectivity index (χ4v) is 3.64. The molecule has 1 aliphatic rings. The maximum atomic E-state index is 10.4. The molecule has 1 N–H and O–H groups in total. The zero-order chi connectivity index (χ0) is 14.4. The van der Waals surface area contributed by atoms with E-state index in [1.807, 2.05) is 12.1 Å². The summed E-state index contributed by atoms with van der Waals surface area (Å²) in [5.41, 5.74) is 1.09. The van der Waals surface area contributed by atoms with Crippen molar-refractivity contribution in [2.45, 2.75) is 57.5 Å². The quantitative estimate of drug-likeness (QED) is 0.785. The second-order valence-corrected chi connectivity index (χ2v) is 6.82. The van der Waals surface area contributed by atoms with Crippen LogP contribution in [-0.4, -0.2) is 18.3 Å². The lowest BCUT2D eigenvalue weighted by atomic mass is 9.91. The van der Waals surface area contributed by atoms with Gasteiger partial charge in [-0.3, -0.25) is 0 Å². The van der Waals surface area contributed by atoms with Gasteiger partial charge in [0.1, 0.15) is 5.75 Å². The lowest BCUT2D eigenvalue weighted by Crippen LogP contribution is -2.16. The van der Waals surface area contributed by atoms with E-state index < -0.39 is 0 Å². The summed E-state index contributed by atoms with van der Waals surface area (Å²) < 4.78 is 6.42. The molecule has 0 spiro atoms. The van der Waals surface area contributed by atoms with Crippen molar-refractivity contribution < 1.29 is 9.84 Å². The van der Waals surface area contributed by atoms with Crippen LogP contribution in [0, 0.1) is 5.92 Å². The Kier molecular flexibility index (Phi) is 6.37. The molecule has 1 unspecified atom stereocenters. The predicted octanol–water partition coefficient (Wildman–Crippen LogP) is 4.72. The molecule has 0 aliphatic heterocycles. The van der Waals surface area contributed by atoms with Crippen molar-refractivity contribution in [2.24, 2.45) is 5.92 Å². The lowest BCUT2D eigenvalue weighted by molar-refractivity contribution is 0.137. The number of hydrogen-bond acceptors (Lipinski definition) is 2. The fraction of sp³-hybridized carbons (Fsp3) is 0.647. The minimum Gasteiger partial charge on any atom is -0.496 e. The molecule has 1 aromatic rings. The Morgan fingerprint density at radius 2 is 1.95 bits per heavy atom. The Bertz CT molecular complexity index is 411. The number of halogens is 1. The molecule has 0 saturated heterocycles. The SMILES string of the molecule is COc1ccc(Br)cc1CC(O)CC1CCCCCC1. The fourth-order valence-electron chi connectivity index (χ4n) is 3.23. The van der Waals surface area contributed by atoms with E-state index in [1.165, 1.54) is 38.5 Å². The summed E-state index contributed by atoms with van der Waals surface area (Å²) >= 11 is 3.49. The van der Waals surface area contributed by atoms with Gasteiger partial charge < -0.3 is 9.84 Å². The second-order valence-electron chi connectivity index (χ2n) is 5.91. The maximum Gasteiger partial charge on any atom is 0.122 e. The van der Waals surface area contributed by atoms with Crippen molar-refractivity contribution in [1.82, 2.24) is 0 Å². The zero-order valence-electron chi connectivity index (χ0n) is 12.3. The van der Waals surface area contributed by atoms with Crippen molar-refractivity contribution in [3.8, 4) is 5.75 Å². The van der Waals surface area contributed by atoms with Crippen LogP contribution >= 0.6 is 15.9 Å². The molecule has 0 amide bonds. The highest BCUT2D eigenvalue weighted by molar-refractivity contribution is 9.10. The van der Waals surface area contributed by atoms with Crippen molar-refractivity contribution in [1.29, 1.82) is 0 Å². The van der Waals surface area contributed by atoms with Crippen molar-refractivity contribution in [3.05, 3.63) is 28.2 Å². The average molecular weight is 341 g/mol. The molecule has 1 saturated carbocycles. The van der Waals surface area contributed by atoms with Crippen molar-refractivity contribution in [3.63, 3.8) is 0 Å². The smallest absolute Gasteiger partial charge is 0.122 e. The number of methoxy groups -OCH3 is 1. The molecule has 0 bridgehead atoms. The van der Waals surface area contributed by atoms with Gasteiger partial charge in [0.2, 0.25) is 0 Å². The molecular weight excluding hydrogens is 316 g/mol. The number of ether oxygens (including phenoxy) is 1. The van der Waals surface area contributed by atoms with Crippen LogP contribution in [-0.2, 0) is 6.42 Å². The molecule has 0 radical (unpaired) electrons. The highest BCUT2D eigenvalue weighted by Crippen LogP contribution is 2.29. The normalized spacial score (nSPS) is 18.6. The van der Waals surface area contributed by atoms with Gasteiger partial charge >= 0.3 is 0 Å². The van der Waals surface area contributed by atoms with E-state index in [1.54, 1.807) is 7.11 Å². The molecule has 0 heterocycles. The first-order valence-corrected chi connectivity index (χ1v) is 8.49. The van der Waals surface area contributed by atoms with E-state index in [2.05, 4.69) is 22.0 Å². The Morgan fingerprint density at radius 3 is 2.60 bits per heavy atom. The summed E-state index contributed by atoms with van der Waals surface area (Å²) in [6.45, 7) is 0. The maximum absolute atomic E-state index is 10.4. The van der Waals surface area contributed by atoms with Crippen LogP contribution in [0.4, 0.5) is 0 Å². The molecule has 0 aromatic heterocycles. The van der Waals surface area contributed by atoms with Gasteiger partial charge in [-0.25, -0.2) is 0 Å². The number of benzene rings is 1. The summed E-state index contributed by atoms with van der Waals surface area (Å²) in [5, 5.41) is 10.4. The van der Waals surface area contributed by atoms with Gasteiger partial charge in [-0.1, -0.05) is 54.5 Å².